The maximum atomic E-state index is 13.4. The van der Waals surface area contributed by atoms with E-state index in [0.717, 1.165) is 29.0 Å². The maximum absolute atomic E-state index is 13.4. The normalized spacial score (nSPS) is 13.3. The summed E-state index contributed by atoms with van der Waals surface area (Å²) in [7, 11) is 0. The minimum atomic E-state index is -0.441. The highest BCUT2D eigenvalue weighted by molar-refractivity contribution is 7.09. The number of fused-ring (bicyclic) bond motifs is 2. The van der Waals surface area contributed by atoms with E-state index in [9.17, 15) is 14.4 Å². The Balaban J connectivity index is 1.54. The number of carbonyl (C=O) groups is 1. The van der Waals surface area contributed by atoms with Gasteiger partial charge < -0.3 is 4.90 Å². The molecule has 2 aromatic heterocycles. The molecule has 162 valence electrons. The molecule has 2 aromatic carbocycles. The van der Waals surface area contributed by atoms with Crippen molar-refractivity contribution in [3.63, 3.8) is 0 Å². The number of hydrogen-bond donors (Lipinski definition) is 0. The van der Waals surface area contributed by atoms with Gasteiger partial charge in [-0.05, 0) is 54.5 Å². The molecule has 7 heteroatoms. The lowest BCUT2D eigenvalue weighted by molar-refractivity contribution is -0.119. The van der Waals surface area contributed by atoms with Gasteiger partial charge in [0.1, 0.15) is 6.54 Å². The highest BCUT2D eigenvalue weighted by Crippen LogP contribution is 2.27. The molecule has 5 rings (SSSR count). The molecule has 0 saturated carbocycles. The van der Waals surface area contributed by atoms with Crippen LogP contribution >= 0.6 is 11.3 Å². The summed E-state index contributed by atoms with van der Waals surface area (Å²) in [6.45, 7) is 0.803. The highest BCUT2D eigenvalue weighted by atomic mass is 32.1. The number of rotatable bonds is 5. The van der Waals surface area contributed by atoms with E-state index in [-0.39, 0.29) is 24.6 Å². The summed E-state index contributed by atoms with van der Waals surface area (Å²) in [4.78, 5) is 42.7. The smallest absolute Gasteiger partial charge is 0.311 e. The first-order valence-electron chi connectivity index (χ1n) is 10.8. The van der Waals surface area contributed by atoms with Crippen molar-refractivity contribution in [3.8, 4) is 0 Å². The molecule has 1 amide bonds. The molecule has 0 aliphatic carbocycles. The first-order valence-corrected chi connectivity index (χ1v) is 11.6. The van der Waals surface area contributed by atoms with Crippen LogP contribution < -0.4 is 16.1 Å². The van der Waals surface area contributed by atoms with E-state index in [4.69, 9.17) is 0 Å². The zero-order valence-electron chi connectivity index (χ0n) is 17.6. The second-order valence-electron chi connectivity index (χ2n) is 7.95. The second-order valence-corrected chi connectivity index (χ2v) is 8.98. The molecule has 1 aliphatic rings. The van der Waals surface area contributed by atoms with Gasteiger partial charge in [-0.2, -0.15) is 0 Å². The third-order valence-corrected chi connectivity index (χ3v) is 6.93. The fourth-order valence-electron chi connectivity index (χ4n) is 4.41. The number of hydrogen-bond acceptors (Lipinski definition) is 4. The van der Waals surface area contributed by atoms with E-state index >= 15 is 0 Å². The predicted molar refractivity (Wildman–Crippen MR) is 128 cm³/mol. The number of thiophene rings is 1. The lowest BCUT2D eigenvalue weighted by atomic mass is 10.0. The Labute approximate surface area is 189 Å². The average Bonchev–Trinajstić information content (AvgIpc) is 3.35. The second kappa shape index (κ2) is 8.59. The van der Waals surface area contributed by atoms with Gasteiger partial charge in [0.25, 0.3) is 5.56 Å². The van der Waals surface area contributed by atoms with Gasteiger partial charge in [-0.25, -0.2) is 4.79 Å². The number of aromatic nitrogens is 2. The first kappa shape index (κ1) is 20.5. The molecule has 0 fully saturated rings. The molecule has 0 N–H and O–H groups in total. The molecule has 1 aliphatic heterocycles. The van der Waals surface area contributed by atoms with E-state index < -0.39 is 5.69 Å². The average molecular weight is 446 g/mol. The van der Waals surface area contributed by atoms with Gasteiger partial charge in [-0.15, -0.1) is 11.3 Å². The van der Waals surface area contributed by atoms with Gasteiger partial charge in [-0.3, -0.25) is 18.7 Å². The van der Waals surface area contributed by atoms with E-state index in [0.29, 0.717) is 23.9 Å². The van der Waals surface area contributed by atoms with Crippen molar-refractivity contribution in [3.05, 3.63) is 97.3 Å². The molecule has 0 atom stereocenters. The topological polar surface area (TPSA) is 64.3 Å². The Morgan fingerprint density at radius 3 is 2.59 bits per heavy atom. The summed E-state index contributed by atoms with van der Waals surface area (Å²) in [5.41, 5.74) is 1.80. The Bertz CT molecular complexity index is 1400. The number of para-hydroxylation sites is 2. The Hall–Kier alpha value is -3.45. The lowest BCUT2D eigenvalue weighted by Gasteiger charge is -2.30. The molecule has 4 aromatic rings. The fraction of sp³-hybridized carbons (Fsp3) is 0.240. The zero-order valence-corrected chi connectivity index (χ0v) is 18.4. The molecule has 32 heavy (non-hydrogen) atoms. The van der Waals surface area contributed by atoms with Gasteiger partial charge in [0, 0.05) is 23.7 Å². The van der Waals surface area contributed by atoms with Gasteiger partial charge in [0.05, 0.1) is 10.9 Å². The molecule has 6 nitrogen and oxygen atoms in total. The van der Waals surface area contributed by atoms with Crippen LogP contribution in [0.25, 0.3) is 10.9 Å². The molecule has 0 radical (unpaired) electrons. The van der Waals surface area contributed by atoms with Crippen molar-refractivity contribution >= 4 is 33.8 Å². The van der Waals surface area contributed by atoms with Crippen LogP contribution in [0, 0.1) is 0 Å². The quantitative estimate of drug-likeness (QED) is 0.473. The summed E-state index contributed by atoms with van der Waals surface area (Å²) in [5.74, 6) is -0.146. The van der Waals surface area contributed by atoms with Crippen molar-refractivity contribution in [1.29, 1.82) is 0 Å². The molecule has 0 spiro atoms. The molecule has 3 heterocycles. The number of amides is 1. The van der Waals surface area contributed by atoms with Crippen LogP contribution in [0.3, 0.4) is 0 Å². The predicted octanol–water partition coefficient (Wildman–Crippen LogP) is 3.45. The number of nitrogens with zero attached hydrogens (tertiary/aromatic N) is 3. The van der Waals surface area contributed by atoms with Crippen LogP contribution in [0.4, 0.5) is 5.69 Å². The van der Waals surface area contributed by atoms with Crippen LogP contribution in [0.1, 0.15) is 16.9 Å². The monoisotopic (exact) mass is 445 g/mol. The third-order valence-electron chi connectivity index (χ3n) is 6.00. The summed E-state index contributed by atoms with van der Waals surface area (Å²) < 4.78 is 2.71. The molecule has 0 saturated heterocycles. The largest absolute Gasteiger partial charge is 0.331 e. The summed E-state index contributed by atoms with van der Waals surface area (Å²) >= 11 is 1.60. The number of anilines is 1. The molecule has 0 unspecified atom stereocenters. The Morgan fingerprint density at radius 2 is 1.75 bits per heavy atom. The third kappa shape index (κ3) is 3.69. The SMILES string of the molecule is O=C(Cn1c(=O)n(CCc2cccs2)c(=O)c2ccccc21)N1CCCc2ccccc21. The number of aryl methyl sites for hydroxylation is 2. The first-order chi connectivity index (χ1) is 15.6. The van der Waals surface area contributed by atoms with Crippen molar-refractivity contribution in [2.75, 3.05) is 11.4 Å². The van der Waals surface area contributed by atoms with Crippen LogP contribution in [-0.2, 0) is 30.7 Å². The van der Waals surface area contributed by atoms with Gasteiger partial charge in [-0.1, -0.05) is 36.4 Å². The molecular formula is C25H23N3O3S. The van der Waals surface area contributed by atoms with Crippen molar-refractivity contribution in [2.24, 2.45) is 0 Å². The van der Waals surface area contributed by atoms with E-state index in [1.807, 2.05) is 41.8 Å². The van der Waals surface area contributed by atoms with Crippen LogP contribution in [0.5, 0.6) is 0 Å². The van der Waals surface area contributed by atoms with E-state index in [1.165, 1.54) is 9.13 Å². The van der Waals surface area contributed by atoms with Crippen molar-refractivity contribution in [2.45, 2.75) is 32.4 Å². The number of carbonyl (C=O) groups excluding carboxylic acids is 1. The van der Waals surface area contributed by atoms with E-state index in [1.54, 1.807) is 40.5 Å². The van der Waals surface area contributed by atoms with Crippen LogP contribution in [-0.4, -0.2) is 21.6 Å². The summed E-state index contributed by atoms with van der Waals surface area (Å²) in [5, 5.41) is 2.43. The van der Waals surface area contributed by atoms with Crippen LogP contribution in [0.15, 0.2) is 75.6 Å². The maximum Gasteiger partial charge on any atom is 0.331 e. The van der Waals surface area contributed by atoms with E-state index in [2.05, 4.69) is 0 Å². The zero-order chi connectivity index (χ0) is 22.1. The van der Waals surface area contributed by atoms with Gasteiger partial charge in [0.15, 0.2) is 0 Å². The standard InChI is InChI=1S/C25H23N3O3S/c29-23(26-14-5-8-18-7-1-3-11-21(18)26)17-28-22-12-4-2-10-20(22)24(30)27(25(28)31)15-13-19-9-6-16-32-19/h1-4,6-7,9-12,16H,5,8,13-15,17H2. The fourth-order valence-corrected chi connectivity index (χ4v) is 5.11. The molecular weight excluding hydrogens is 422 g/mol. The van der Waals surface area contributed by atoms with Gasteiger partial charge in [0.2, 0.25) is 5.91 Å². The van der Waals surface area contributed by atoms with Gasteiger partial charge >= 0.3 is 5.69 Å². The highest BCUT2D eigenvalue weighted by Gasteiger charge is 2.24. The van der Waals surface area contributed by atoms with Crippen molar-refractivity contribution in [1.82, 2.24) is 9.13 Å². The lowest BCUT2D eigenvalue weighted by Crippen LogP contribution is -2.44. The minimum Gasteiger partial charge on any atom is -0.311 e. The minimum absolute atomic E-state index is 0.104. The summed E-state index contributed by atoms with van der Waals surface area (Å²) in [6.07, 6.45) is 2.42. The van der Waals surface area contributed by atoms with Crippen LogP contribution in [0.2, 0.25) is 0 Å². The number of benzene rings is 2. The summed E-state index contributed by atoms with van der Waals surface area (Å²) in [6, 6.07) is 18.9. The Morgan fingerprint density at radius 1 is 0.938 bits per heavy atom. The molecule has 0 bridgehead atoms. The Kier molecular flexibility index (Phi) is 5.49. The van der Waals surface area contributed by atoms with Crippen molar-refractivity contribution < 1.29 is 4.79 Å².